The van der Waals surface area contributed by atoms with Crippen LogP contribution in [0.1, 0.15) is 46.0 Å². The average Bonchev–Trinajstić information content (AvgIpc) is 2.90. The van der Waals surface area contributed by atoms with Gasteiger partial charge in [-0.05, 0) is 44.9 Å². The average molecular weight is 281 g/mol. The first-order valence-electron chi connectivity index (χ1n) is 7.82. The van der Waals surface area contributed by atoms with Gasteiger partial charge < -0.3 is 16.0 Å². The van der Waals surface area contributed by atoms with E-state index in [0.717, 1.165) is 45.2 Å². The molecule has 5 nitrogen and oxygen atoms in total. The van der Waals surface area contributed by atoms with E-state index < -0.39 is 6.04 Å². The van der Waals surface area contributed by atoms with Crippen LogP contribution in [0.3, 0.4) is 0 Å². The monoisotopic (exact) mass is 281 g/mol. The Balaban J connectivity index is 1.85. The zero-order valence-electron chi connectivity index (χ0n) is 12.6. The molecule has 1 aliphatic carbocycles. The maximum absolute atomic E-state index is 12.3. The van der Waals surface area contributed by atoms with Gasteiger partial charge in [0.15, 0.2) is 0 Å². The maximum atomic E-state index is 12.3. The highest BCUT2D eigenvalue weighted by Crippen LogP contribution is 2.28. The number of nitrogens with zero attached hydrogens (tertiary/aromatic N) is 1. The second-order valence-corrected chi connectivity index (χ2v) is 6.53. The number of hydrogen-bond acceptors (Lipinski definition) is 3. The van der Waals surface area contributed by atoms with Crippen LogP contribution >= 0.6 is 0 Å². The minimum atomic E-state index is -0.422. The van der Waals surface area contributed by atoms with Gasteiger partial charge in [0.1, 0.15) is 6.04 Å². The predicted octanol–water partition coefficient (Wildman–Crippen LogP) is 0.877. The van der Waals surface area contributed by atoms with Gasteiger partial charge in [-0.2, -0.15) is 0 Å². The van der Waals surface area contributed by atoms with Gasteiger partial charge in [0.2, 0.25) is 11.8 Å². The Bertz CT molecular complexity index is 356. The normalized spacial score (nSPS) is 31.9. The van der Waals surface area contributed by atoms with Crippen LogP contribution in [-0.4, -0.2) is 41.9 Å². The Morgan fingerprint density at radius 3 is 2.45 bits per heavy atom. The third-order valence-corrected chi connectivity index (χ3v) is 4.50. The van der Waals surface area contributed by atoms with Crippen molar-refractivity contribution >= 4 is 11.8 Å². The molecule has 20 heavy (non-hydrogen) atoms. The molecule has 5 heteroatoms. The topological polar surface area (TPSA) is 75.4 Å². The summed E-state index contributed by atoms with van der Waals surface area (Å²) in [4.78, 5) is 26.3. The van der Waals surface area contributed by atoms with Crippen molar-refractivity contribution in [2.45, 2.75) is 58.0 Å². The summed E-state index contributed by atoms with van der Waals surface area (Å²) in [6.45, 7) is 5.57. The molecule has 1 heterocycles. The number of hydrogen-bond donors (Lipinski definition) is 2. The number of likely N-dealkylation sites (tertiary alicyclic amines) is 1. The van der Waals surface area contributed by atoms with Gasteiger partial charge in [-0.25, -0.2) is 0 Å². The molecule has 2 amide bonds. The van der Waals surface area contributed by atoms with Crippen LogP contribution in [0.15, 0.2) is 0 Å². The van der Waals surface area contributed by atoms with Crippen LogP contribution in [0.2, 0.25) is 0 Å². The first-order valence-corrected chi connectivity index (χ1v) is 7.82. The van der Waals surface area contributed by atoms with E-state index in [-0.39, 0.29) is 23.8 Å². The number of carbonyl (C=O) groups excluding carboxylic acids is 2. The lowest BCUT2D eigenvalue weighted by Gasteiger charge is -2.31. The van der Waals surface area contributed by atoms with Crippen LogP contribution in [-0.2, 0) is 9.59 Å². The third-order valence-electron chi connectivity index (χ3n) is 4.50. The zero-order valence-corrected chi connectivity index (χ0v) is 12.6. The van der Waals surface area contributed by atoms with E-state index in [1.165, 1.54) is 0 Å². The fourth-order valence-electron chi connectivity index (χ4n) is 3.48. The van der Waals surface area contributed by atoms with Crippen molar-refractivity contribution in [3.63, 3.8) is 0 Å². The van der Waals surface area contributed by atoms with Crippen molar-refractivity contribution in [3.8, 4) is 0 Å². The second kappa shape index (κ2) is 6.57. The first kappa shape index (κ1) is 15.3. The molecule has 2 aliphatic rings. The maximum Gasteiger partial charge on any atom is 0.244 e. The van der Waals surface area contributed by atoms with Crippen LogP contribution < -0.4 is 11.1 Å². The lowest BCUT2D eigenvalue weighted by molar-refractivity contribution is -0.136. The molecule has 1 aliphatic heterocycles. The van der Waals surface area contributed by atoms with E-state index in [4.69, 9.17) is 5.73 Å². The van der Waals surface area contributed by atoms with Crippen molar-refractivity contribution < 1.29 is 9.59 Å². The van der Waals surface area contributed by atoms with Crippen LogP contribution in [0.4, 0.5) is 0 Å². The van der Waals surface area contributed by atoms with Crippen molar-refractivity contribution in [2.75, 3.05) is 13.1 Å². The molecule has 2 rings (SSSR count). The summed E-state index contributed by atoms with van der Waals surface area (Å²) < 4.78 is 0. The van der Waals surface area contributed by atoms with Crippen LogP contribution in [0.25, 0.3) is 0 Å². The minimum absolute atomic E-state index is 0.00736. The lowest BCUT2D eigenvalue weighted by atomic mass is 9.79. The van der Waals surface area contributed by atoms with Crippen molar-refractivity contribution in [1.29, 1.82) is 0 Å². The van der Waals surface area contributed by atoms with Gasteiger partial charge in [0.25, 0.3) is 0 Å². The molecule has 114 valence electrons. The molecule has 4 unspecified atom stereocenters. The van der Waals surface area contributed by atoms with Gasteiger partial charge >= 0.3 is 0 Å². The Morgan fingerprint density at radius 2 is 1.85 bits per heavy atom. The summed E-state index contributed by atoms with van der Waals surface area (Å²) in [5, 5.41) is 2.88. The summed E-state index contributed by atoms with van der Waals surface area (Å²) in [6, 6.07) is -0.312. The number of rotatable bonds is 3. The lowest BCUT2D eigenvalue weighted by Crippen LogP contribution is -2.49. The number of carbonyl (C=O) groups is 2. The molecule has 0 bridgehead atoms. The quantitative estimate of drug-likeness (QED) is 0.806. The zero-order chi connectivity index (χ0) is 14.7. The Kier molecular flexibility index (Phi) is 5.02. The Morgan fingerprint density at radius 1 is 1.20 bits per heavy atom. The highest BCUT2D eigenvalue weighted by molar-refractivity contribution is 5.88. The molecule has 1 saturated heterocycles. The summed E-state index contributed by atoms with van der Waals surface area (Å²) >= 11 is 0. The van der Waals surface area contributed by atoms with Crippen LogP contribution in [0.5, 0.6) is 0 Å². The molecule has 0 aromatic rings. The molecule has 1 saturated carbocycles. The molecular weight excluding hydrogens is 254 g/mol. The van der Waals surface area contributed by atoms with Crippen molar-refractivity contribution in [2.24, 2.45) is 17.6 Å². The summed E-state index contributed by atoms with van der Waals surface area (Å²) in [6.07, 6.45) is 4.75. The largest absolute Gasteiger partial charge is 0.344 e. The van der Waals surface area contributed by atoms with Gasteiger partial charge in [-0.3, -0.25) is 9.59 Å². The number of nitrogens with two attached hydrogens (primary N) is 1. The molecule has 0 aromatic carbocycles. The minimum Gasteiger partial charge on any atom is -0.344 e. The number of amides is 2. The molecule has 4 atom stereocenters. The fourth-order valence-corrected chi connectivity index (χ4v) is 3.48. The first-order chi connectivity index (χ1) is 9.47. The molecule has 0 spiro atoms. The highest BCUT2D eigenvalue weighted by Gasteiger charge is 2.31. The van der Waals surface area contributed by atoms with E-state index in [0.29, 0.717) is 5.92 Å². The van der Waals surface area contributed by atoms with E-state index >= 15 is 0 Å². The Hall–Kier alpha value is -1.10. The van der Waals surface area contributed by atoms with Gasteiger partial charge in [0.05, 0.1) is 0 Å². The highest BCUT2D eigenvalue weighted by atomic mass is 16.2. The summed E-state index contributed by atoms with van der Waals surface area (Å²) in [5.74, 6) is 0.484. The smallest absolute Gasteiger partial charge is 0.244 e. The summed E-state index contributed by atoms with van der Waals surface area (Å²) in [5.41, 5.74) is 5.99. The SMILES string of the molecule is CC1CC(N)CC(C(=O)NC(C)C(=O)N2CCCC2)C1. The van der Waals surface area contributed by atoms with E-state index in [9.17, 15) is 9.59 Å². The molecule has 3 N–H and O–H groups in total. The van der Waals surface area contributed by atoms with Crippen molar-refractivity contribution in [1.82, 2.24) is 10.2 Å². The molecular formula is C15H27N3O2. The molecule has 2 fully saturated rings. The second-order valence-electron chi connectivity index (χ2n) is 6.53. The standard InChI is InChI=1S/C15H27N3O2/c1-10-7-12(9-13(16)8-10)14(19)17-11(2)15(20)18-5-3-4-6-18/h10-13H,3-9,16H2,1-2H3,(H,17,19). The van der Waals surface area contributed by atoms with Crippen LogP contribution in [0, 0.1) is 11.8 Å². The van der Waals surface area contributed by atoms with E-state index in [2.05, 4.69) is 12.2 Å². The predicted molar refractivity (Wildman–Crippen MR) is 77.9 cm³/mol. The third kappa shape index (κ3) is 3.72. The Labute approximate surface area is 121 Å². The molecule has 0 radical (unpaired) electrons. The van der Waals surface area contributed by atoms with Gasteiger partial charge in [0, 0.05) is 25.0 Å². The van der Waals surface area contributed by atoms with E-state index in [1.54, 1.807) is 6.92 Å². The van der Waals surface area contributed by atoms with Gasteiger partial charge in [-0.1, -0.05) is 6.92 Å². The van der Waals surface area contributed by atoms with Crippen molar-refractivity contribution in [3.05, 3.63) is 0 Å². The van der Waals surface area contributed by atoms with E-state index in [1.807, 2.05) is 4.90 Å². The summed E-state index contributed by atoms with van der Waals surface area (Å²) in [7, 11) is 0. The molecule has 0 aromatic heterocycles. The van der Waals surface area contributed by atoms with Gasteiger partial charge in [-0.15, -0.1) is 0 Å². The fraction of sp³-hybridized carbons (Fsp3) is 0.867. The number of nitrogens with one attached hydrogen (secondary N) is 1.